The zero-order valence-corrected chi connectivity index (χ0v) is 29.7. The molecule has 9 heteroatoms. The van der Waals surface area contributed by atoms with Gasteiger partial charge in [0.25, 0.3) is 0 Å². The third-order valence-corrected chi connectivity index (χ3v) is 9.53. The number of aliphatic hydroxyl groups is 3. The van der Waals surface area contributed by atoms with Crippen molar-refractivity contribution in [3.8, 4) is 0 Å². The molecule has 0 saturated carbocycles. The van der Waals surface area contributed by atoms with Gasteiger partial charge in [-0.2, -0.15) is 0 Å². The fraction of sp³-hybridized carbons (Fsp3) is 0.600. The highest BCUT2D eigenvalue weighted by Crippen LogP contribution is 2.41. The average molecular weight is 683 g/mol. The van der Waals surface area contributed by atoms with Crippen LogP contribution in [-0.2, 0) is 28.5 Å². The number of carbonyl (C=O) groups is 2. The number of aliphatic hydroxyl groups excluding tert-OH is 3. The molecule has 0 radical (unpaired) electrons. The largest absolute Gasteiger partial charge is 0.459 e. The predicted octanol–water partition coefficient (Wildman–Crippen LogP) is 6.02. The minimum atomic E-state index is -1.31. The molecule has 272 valence electrons. The summed E-state index contributed by atoms with van der Waals surface area (Å²) in [5.41, 5.74) is -0.0919. The Balaban J connectivity index is 1.68. The van der Waals surface area contributed by atoms with Crippen molar-refractivity contribution in [1.82, 2.24) is 0 Å². The van der Waals surface area contributed by atoms with E-state index < -0.39 is 41.8 Å². The summed E-state index contributed by atoms with van der Waals surface area (Å²) in [7, 11) is 0. The molecule has 2 saturated heterocycles. The van der Waals surface area contributed by atoms with Gasteiger partial charge in [-0.3, -0.25) is 0 Å². The van der Waals surface area contributed by atoms with Gasteiger partial charge in [0.05, 0.1) is 42.5 Å². The van der Waals surface area contributed by atoms with Crippen LogP contribution in [0.25, 0.3) is 0 Å². The van der Waals surface area contributed by atoms with Crippen molar-refractivity contribution < 1.29 is 43.9 Å². The van der Waals surface area contributed by atoms with E-state index in [-0.39, 0.29) is 43.9 Å². The topological polar surface area (TPSA) is 132 Å². The number of hydrogen-bond donors (Lipinski definition) is 3. The van der Waals surface area contributed by atoms with Crippen LogP contribution >= 0.6 is 0 Å². The maximum Gasteiger partial charge on any atom is 0.335 e. The second-order valence-electron chi connectivity index (χ2n) is 14.1. The average Bonchev–Trinajstić information content (AvgIpc) is 3.06. The van der Waals surface area contributed by atoms with E-state index in [0.717, 1.165) is 18.4 Å². The Labute approximate surface area is 292 Å². The summed E-state index contributed by atoms with van der Waals surface area (Å²) in [6.07, 6.45) is 22.7. The molecule has 49 heavy (non-hydrogen) atoms. The van der Waals surface area contributed by atoms with E-state index in [2.05, 4.69) is 20.4 Å². The molecule has 0 amide bonds. The molecule has 4 bridgehead atoms. The molecule has 3 aliphatic rings. The molecule has 9 nitrogen and oxygen atoms in total. The van der Waals surface area contributed by atoms with E-state index in [0.29, 0.717) is 38.0 Å². The molecule has 9 atom stereocenters. The lowest BCUT2D eigenvalue weighted by Crippen LogP contribution is -2.55. The van der Waals surface area contributed by atoms with Crippen molar-refractivity contribution in [3.05, 3.63) is 85.1 Å². The Morgan fingerprint density at radius 2 is 1.88 bits per heavy atom. The van der Waals surface area contributed by atoms with Gasteiger partial charge in [0, 0.05) is 31.3 Å². The molecule has 2 fully saturated rings. The van der Waals surface area contributed by atoms with Crippen LogP contribution in [0.1, 0.15) is 79.1 Å². The van der Waals surface area contributed by atoms with Crippen molar-refractivity contribution in [1.29, 1.82) is 0 Å². The number of hydrogen-bond acceptors (Lipinski definition) is 9. The molecular formula is C40H58O9. The Morgan fingerprint density at radius 3 is 2.63 bits per heavy atom. The molecule has 0 aromatic carbocycles. The predicted molar refractivity (Wildman–Crippen MR) is 190 cm³/mol. The molecule has 0 spiro atoms. The lowest BCUT2D eigenvalue weighted by atomic mass is 9.73. The van der Waals surface area contributed by atoms with Crippen LogP contribution in [0.3, 0.4) is 0 Å². The van der Waals surface area contributed by atoms with Crippen molar-refractivity contribution in [2.45, 2.75) is 122 Å². The van der Waals surface area contributed by atoms with E-state index in [1.165, 1.54) is 6.08 Å². The third kappa shape index (κ3) is 13.3. The number of esters is 2. The first-order valence-corrected chi connectivity index (χ1v) is 17.7. The van der Waals surface area contributed by atoms with Gasteiger partial charge < -0.3 is 34.3 Å². The fourth-order valence-electron chi connectivity index (χ4n) is 6.06. The molecular weight excluding hydrogens is 624 g/mol. The Kier molecular flexibility index (Phi) is 16.9. The molecule has 0 aromatic rings. The summed E-state index contributed by atoms with van der Waals surface area (Å²) < 4.78 is 23.8. The van der Waals surface area contributed by atoms with Gasteiger partial charge in [-0.15, -0.1) is 0 Å². The molecule has 9 unspecified atom stereocenters. The van der Waals surface area contributed by atoms with Gasteiger partial charge in [-0.25, -0.2) is 9.59 Å². The first-order valence-electron chi connectivity index (χ1n) is 17.7. The quantitative estimate of drug-likeness (QED) is 0.177. The van der Waals surface area contributed by atoms with Crippen LogP contribution < -0.4 is 0 Å². The van der Waals surface area contributed by atoms with Crippen molar-refractivity contribution in [3.63, 3.8) is 0 Å². The van der Waals surface area contributed by atoms with Gasteiger partial charge in [0.1, 0.15) is 12.7 Å². The summed E-state index contributed by atoms with van der Waals surface area (Å²) in [6, 6.07) is 0. The minimum Gasteiger partial charge on any atom is -0.459 e. The van der Waals surface area contributed by atoms with Crippen LogP contribution in [0.15, 0.2) is 85.1 Å². The maximum atomic E-state index is 12.9. The highest BCUT2D eigenvalue weighted by Gasteiger charge is 2.49. The Hall–Kier alpha value is -3.08. The van der Waals surface area contributed by atoms with Gasteiger partial charge in [0.2, 0.25) is 0 Å². The highest BCUT2D eigenvalue weighted by molar-refractivity contribution is 5.82. The first kappa shape index (κ1) is 40.4. The van der Waals surface area contributed by atoms with Crippen LogP contribution in [0.2, 0.25) is 0 Å². The number of ether oxygens (including phenoxy) is 4. The van der Waals surface area contributed by atoms with Gasteiger partial charge in [0.15, 0.2) is 6.10 Å². The summed E-state index contributed by atoms with van der Waals surface area (Å²) in [5.74, 6) is -0.714. The lowest BCUT2D eigenvalue weighted by molar-refractivity contribution is -0.198. The highest BCUT2D eigenvalue weighted by atomic mass is 16.6. The van der Waals surface area contributed by atoms with Crippen LogP contribution in [0, 0.1) is 17.3 Å². The van der Waals surface area contributed by atoms with Crippen LogP contribution in [0.5, 0.6) is 0 Å². The van der Waals surface area contributed by atoms with E-state index in [1.54, 1.807) is 18.2 Å². The van der Waals surface area contributed by atoms with Crippen LogP contribution in [-0.4, -0.2) is 83.2 Å². The first-order chi connectivity index (χ1) is 23.4. The Bertz CT molecular complexity index is 1240. The van der Waals surface area contributed by atoms with E-state index in [4.69, 9.17) is 18.9 Å². The Morgan fingerprint density at radius 1 is 1.10 bits per heavy atom. The third-order valence-electron chi connectivity index (χ3n) is 9.53. The van der Waals surface area contributed by atoms with E-state index in [9.17, 15) is 24.9 Å². The molecule has 3 rings (SSSR count). The SMILES string of the molecule is C=C(CCC(C)C)COC(=O)C(O)C/C=C/CC1OC2/C=C/C/C=C/C=C/C3OC(C/C=C/C=C/C(=O)OC(C2)C1(C)CO)CC(O)C3C. The zero-order valence-electron chi connectivity index (χ0n) is 29.7. The molecule has 3 heterocycles. The van der Waals surface area contributed by atoms with E-state index in [1.807, 2.05) is 62.5 Å². The molecule has 3 N–H and O–H groups in total. The number of rotatable bonds is 11. The van der Waals surface area contributed by atoms with Crippen LogP contribution in [0.4, 0.5) is 0 Å². The van der Waals surface area contributed by atoms with Gasteiger partial charge in [-0.1, -0.05) is 101 Å². The second kappa shape index (κ2) is 20.6. The summed E-state index contributed by atoms with van der Waals surface area (Å²) in [6.45, 7) is 11.8. The number of allylic oxidation sites excluding steroid dienone is 6. The maximum absolute atomic E-state index is 12.9. The molecule has 3 aliphatic heterocycles. The van der Waals surface area contributed by atoms with E-state index >= 15 is 0 Å². The smallest absolute Gasteiger partial charge is 0.335 e. The second-order valence-corrected chi connectivity index (χ2v) is 14.1. The van der Waals surface area contributed by atoms with Crippen molar-refractivity contribution >= 4 is 11.9 Å². The molecule has 0 aromatic heterocycles. The number of carbonyl (C=O) groups excluding carboxylic acids is 2. The summed E-state index contributed by atoms with van der Waals surface area (Å²) >= 11 is 0. The normalized spacial score (nSPS) is 35.1. The standard InChI is InChI=1S/C40H58O9/c1-28(2)22-23-29(3)26-46-39(45)33(42)18-14-15-20-36-40(5,27-41)37-25-32(48-36)17-10-7-6-8-12-19-35-30(4)34(43)24-31(47-35)16-11-9-13-21-38(44)49-37/h6,8-15,17,19,21,28,30-37,41-43H,3,7,16,18,20,22-27H2,1-2,4-5H3/b8-6+,11-9+,15-14+,17-10+,19-12+,21-13+. The van der Waals surface area contributed by atoms with Gasteiger partial charge in [-0.05, 0) is 43.6 Å². The van der Waals surface area contributed by atoms with Crippen molar-refractivity contribution in [2.75, 3.05) is 13.2 Å². The summed E-state index contributed by atoms with van der Waals surface area (Å²) in [5, 5.41) is 31.5. The lowest BCUT2D eigenvalue weighted by Gasteiger charge is -2.47. The number of fused-ring (bicyclic) bond motifs is 4. The monoisotopic (exact) mass is 682 g/mol. The minimum absolute atomic E-state index is 0.0159. The van der Waals surface area contributed by atoms with Gasteiger partial charge >= 0.3 is 11.9 Å². The van der Waals surface area contributed by atoms with Crippen molar-refractivity contribution in [2.24, 2.45) is 17.3 Å². The zero-order chi connectivity index (χ0) is 35.8. The fourth-order valence-corrected chi connectivity index (χ4v) is 6.06. The summed E-state index contributed by atoms with van der Waals surface area (Å²) in [4.78, 5) is 25.2. The molecule has 0 aliphatic carbocycles.